The number of carboxylic acid groups (broad SMARTS) is 1. The van der Waals surface area contributed by atoms with E-state index in [2.05, 4.69) is 0 Å². The van der Waals surface area contributed by atoms with Gasteiger partial charge >= 0.3 is 5.97 Å². The van der Waals surface area contributed by atoms with Gasteiger partial charge in [-0.1, -0.05) is 11.6 Å². The predicted octanol–water partition coefficient (Wildman–Crippen LogP) is 1.51. The fourth-order valence-electron chi connectivity index (χ4n) is 1.21. The lowest BCUT2D eigenvalue weighted by atomic mass is 10.4. The second-order valence-electron chi connectivity index (χ2n) is 3.92. The van der Waals surface area contributed by atoms with Gasteiger partial charge in [-0.3, -0.25) is 9.59 Å². The van der Waals surface area contributed by atoms with Crippen molar-refractivity contribution in [2.24, 2.45) is 5.73 Å². The molecule has 0 aromatic carbocycles. The van der Waals surface area contributed by atoms with Crippen LogP contribution in [0.15, 0.2) is 12.1 Å². The second kappa shape index (κ2) is 7.74. The maximum atomic E-state index is 11.8. The van der Waals surface area contributed by atoms with Gasteiger partial charge in [0.25, 0.3) is 0 Å². The molecule has 5 nitrogen and oxygen atoms in total. The Bertz CT molecular complexity index is 453. The molecule has 1 aromatic heterocycles. The van der Waals surface area contributed by atoms with E-state index < -0.39 is 12.0 Å². The average molecular weight is 323 g/mol. The van der Waals surface area contributed by atoms with Crippen LogP contribution in [-0.2, 0) is 16.1 Å². The van der Waals surface area contributed by atoms with E-state index in [1.54, 1.807) is 18.0 Å². The lowest BCUT2D eigenvalue weighted by molar-refractivity contribution is -0.138. The highest BCUT2D eigenvalue weighted by atomic mass is 35.5. The Balaban J connectivity index is 2.31. The number of amides is 1. The Morgan fingerprint density at radius 1 is 1.58 bits per heavy atom. The summed E-state index contributed by atoms with van der Waals surface area (Å²) in [6.45, 7) is 0.502. The van der Waals surface area contributed by atoms with Crippen molar-refractivity contribution in [2.75, 3.05) is 18.6 Å². The molecule has 0 fully saturated rings. The molecule has 0 saturated heterocycles. The van der Waals surface area contributed by atoms with Crippen LogP contribution in [0.5, 0.6) is 0 Å². The molecule has 0 radical (unpaired) electrons. The molecule has 3 N–H and O–H groups in total. The van der Waals surface area contributed by atoms with Crippen molar-refractivity contribution in [3.63, 3.8) is 0 Å². The monoisotopic (exact) mass is 322 g/mol. The summed E-state index contributed by atoms with van der Waals surface area (Å²) in [6, 6.07) is 2.74. The van der Waals surface area contributed by atoms with Gasteiger partial charge in [0.15, 0.2) is 0 Å². The molecular formula is C11H15ClN2O3S2. The van der Waals surface area contributed by atoms with Crippen LogP contribution < -0.4 is 5.73 Å². The second-order valence-corrected chi connectivity index (χ2v) is 6.75. The molecule has 0 aliphatic rings. The number of carbonyl (C=O) groups is 2. The molecule has 0 aliphatic heterocycles. The highest BCUT2D eigenvalue weighted by molar-refractivity contribution is 8.00. The third kappa shape index (κ3) is 5.82. The highest BCUT2D eigenvalue weighted by Gasteiger charge is 2.14. The van der Waals surface area contributed by atoms with E-state index in [0.717, 1.165) is 4.88 Å². The standard InChI is InChI=1S/C11H15ClN2O3S2/c1-14(4-7-2-3-9(12)19-7)10(15)6-18-5-8(13)11(16)17/h2-3,8H,4-6,13H2,1H3,(H,16,17). The zero-order valence-electron chi connectivity index (χ0n) is 10.3. The summed E-state index contributed by atoms with van der Waals surface area (Å²) in [6.07, 6.45) is 0. The summed E-state index contributed by atoms with van der Waals surface area (Å²) in [7, 11) is 1.70. The van der Waals surface area contributed by atoms with Crippen LogP contribution in [0.3, 0.4) is 0 Å². The van der Waals surface area contributed by atoms with E-state index in [0.29, 0.717) is 10.9 Å². The third-order valence-electron chi connectivity index (χ3n) is 2.29. The van der Waals surface area contributed by atoms with Crippen molar-refractivity contribution in [1.29, 1.82) is 0 Å². The highest BCUT2D eigenvalue weighted by Crippen LogP contribution is 2.22. The third-order valence-corrected chi connectivity index (χ3v) is 4.55. The van der Waals surface area contributed by atoms with Crippen LogP contribution in [0.4, 0.5) is 0 Å². The lowest BCUT2D eigenvalue weighted by Crippen LogP contribution is -2.33. The molecule has 0 aliphatic carbocycles. The van der Waals surface area contributed by atoms with Gasteiger partial charge in [0, 0.05) is 17.7 Å². The van der Waals surface area contributed by atoms with Crippen molar-refractivity contribution in [2.45, 2.75) is 12.6 Å². The van der Waals surface area contributed by atoms with E-state index in [1.165, 1.54) is 23.1 Å². The van der Waals surface area contributed by atoms with Crippen LogP contribution in [-0.4, -0.2) is 46.5 Å². The molecule has 0 spiro atoms. The Kier molecular flexibility index (Phi) is 6.64. The van der Waals surface area contributed by atoms with Crippen LogP contribution in [0.2, 0.25) is 4.34 Å². The number of thiophene rings is 1. The first-order valence-corrected chi connectivity index (χ1v) is 7.79. The summed E-state index contributed by atoms with van der Waals surface area (Å²) < 4.78 is 0.692. The van der Waals surface area contributed by atoms with Gasteiger partial charge in [-0.05, 0) is 12.1 Å². The summed E-state index contributed by atoms with van der Waals surface area (Å²) in [5, 5.41) is 8.61. The quantitative estimate of drug-likeness (QED) is 0.795. The summed E-state index contributed by atoms with van der Waals surface area (Å²) >= 11 is 8.47. The van der Waals surface area contributed by atoms with Gasteiger partial charge in [0.1, 0.15) is 6.04 Å². The molecule has 19 heavy (non-hydrogen) atoms. The fourth-order valence-corrected chi connectivity index (χ4v) is 3.26. The minimum Gasteiger partial charge on any atom is -0.480 e. The first-order valence-electron chi connectivity index (χ1n) is 5.44. The molecule has 1 heterocycles. The van der Waals surface area contributed by atoms with Crippen LogP contribution in [0, 0.1) is 0 Å². The number of hydrogen-bond acceptors (Lipinski definition) is 5. The largest absolute Gasteiger partial charge is 0.480 e. The van der Waals surface area contributed by atoms with Gasteiger partial charge in [0.05, 0.1) is 16.6 Å². The minimum atomic E-state index is -1.05. The van der Waals surface area contributed by atoms with Crippen molar-refractivity contribution >= 4 is 46.6 Å². The summed E-state index contributed by atoms with van der Waals surface area (Å²) in [4.78, 5) is 24.9. The average Bonchev–Trinajstić information content (AvgIpc) is 2.74. The van der Waals surface area contributed by atoms with E-state index in [4.69, 9.17) is 22.4 Å². The topological polar surface area (TPSA) is 83.6 Å². The van der Waals surface area contributed by atoms with Gasteiger partial charge < -0.3 is 15.7 Å². The van der Waals surface area contributed by atoms with Gasteiger partial charge in [0.2, 0.25) is 5.91 Å². The summed E-state index contributed by atoms with van der Waals surface area (Å²) in [5.74, 6) is -0.676. The fraction of sp³-hybridized carbons (Fsp3) is 0.455. The maximum absolute atomic E-state index is 11.8. The SMILES string of the molecule is CN(Cc1ccc(Cl)s1)C(=O)CSCC(N)C(=O)O. The van der Waals surface area contributed by atoms with Crippen molar-refractivity contribution < 1.29 is 14.7 Å². The number of rotatable bonds is 7. The van der Waals surface area contributed by atoms with Gasteiger partial charge in [-0.25, -0.2) is 0 Å². The molecule has 1 atom stereocenters. The Morgan fingerprint density at radius 2 is 2.26 bits per heavy atom. The number of carbonyl (C=O) groups excluding carboxylic acids is 1. The first kappa shape index (κ1) is 16.3. The molecule has 0 bridgehead atoms. The molecular weight excluding hydrogens is 308 g/mol. The molecule has 1 aromatic rings. The Labute approximate surface area is 124 Å². The normalized spacial score (nSPS) is 12.2. The summed E-state index contributed by atoms with van der Waals surface area (Å²) in [5.41, 5.74) is 5.35. The van der Waals surface area contributed by atoms with Crippen molar-refractivity contribution in [3.8, 4) is 0 Å². The van der Waals surface area contributed by atoms with Gasteiger partial charge in [-0.15, -0.1) is 23.1 Å². The smallest absolute Gasteiger partial charge is 0.321 e. The molecule has 1 unspecified atom stereocenters. The lowest BCUT2D eigenvalue weighted by Gasteiger charge is -2.16. The Morgan fingerprint density at radius 3 is 2.79 bits per heavy atom. The van der Waals surface area contributed by atoms with Crippen LogP contribution in [0.25, 0.3) is 0 Å². The number of carboxylic acids is 1. The number of halogens is 1. The number of aliphatic carboxylic acids is 1. The first-order chi connectivity index (χ1) is 8.90. The molecule has 106 valence electrons. The number of nitrogens with two attached hydrogens (primary N) is 1. The van der Waals surface area contributed by atoms with E-state index in [9.17, 15) is 9.59 Å². The molecule has 0 saturated carbocycles. The predicted molar refractivity (Wildman–Crippen MR) is 78.7 cm³/mol. The molecule has 1 rings (SSSR count). The van der Waals surface area contributed by atoms with Crippen LogP contribution in [0.1, 0.15) is 4.88 Å². The number of hydrogen-bond donors (Lipinski definition) is 2. The Hall–Kier alpha value is -0.760. The number of nitrogens with zero attached hydrogens (tertiary/aromatic N) is 1. The van der Waals surface area contributed by atoms with E-state index in [-0.39, 0.29) is 17.4 Å². The molecule has 8 heteroatoms. The van der Waals surface area contributed by atoms with Gasteiger partial charge in [-0.2, -0.15) is 0 Å². The van der Waals surface area contributed by atoms with Crippen molar-refractivity contribution in [1.82, 2.24) is 4.90 Å². The maximum Gasteiger partial charge on any atom is 0.321 e. The zero-order valence-corrected chi connectivity index (χ0v) is 12.7. The van der Waals surface area contributed by atoms with E-state index in [1.807, 2.05) is 6.07 Å². The van der Waals surface area contributed by atoms with E-state index >= 15 is 0 Å². The zero-order chi connectivity index (χ0) is 14.4. The van der Waals surface area contributed by atoms with Crippen LogP contribution >= 0.6 is 34.7 Å². The number of thioether (sulfide) groups is 1. The molecule has 1 amide bonds. The minimum absolute atomic E-state index is 0.0629. The van der Waals surface area contributed by atoms with Crippen molar-refractivity contribution in [3.05, 3.63) is 21.3 Å².